The van der Waals surface area contributed by atoms with Gasteiger partial charge in [-0.15, -0.1) is 35.3 Å². The van der Waals surface area contributed by atoms with Crippen LogP contribution in [0.15, 0.2) is 40.8 Å². The summed E-state index contributed by atoms with van der Waals surface area (Å²) in [5, 5.41) is 3.08. The number of aliphatic imine (C=N–C) groups is 1. The molecular weight excluding hydrogens is 477 g/mol. The lowest BCUT2D eigenvalue weighted by atomic mass is 10.3. The molecule has 2 heterocycles. The maximum atomic E-state index is 6.13. The number of guanidine groups is 1. The highest BCUT2D eigenvalue weighted by Crippen LogP contribution is 2.19. The minimum atomic E-state index is 0. The normalized spacial score (nSPS) is 14.6. The summed E-state index contributed by atoms with van der Waals surface area (Å²) >= 11 is 1.67. The Morgan fingerprint density at radius 1 is 1.19 bits per heavy atom. The first-order chi connectivity index (χ1) is 12.8. The lowest BCUT2D eigenvalue weighted by Crippen LogP contribution is -2.51. The minimum absolute atomic E-state index is 0. The Labute approximate surface area is 181 Å². The largest absolute Gasteiger partial charge is 0.497 e. The number of hydrogen-bond acceptors (Lipinski definition) is 6. The Kier molecular flexibility index (Phi) is 8.92. The van der Waals surface area contributed by atoms with Gasteiger partial charge in [0.2, 0.25) is 0 Å². The summed E-state index contributed by atoms with van der Waals surface area (Å²) < 4.78 is 10.8. The summed E-state index contributed by atoms with van der Waals surface area (Å²) in [6.07, 6.45) is 2.67. The topological polar surface area (TPSA) is 76.2 Å². The molecule has 0 amide bonds. The van der Waals surface area contributed by atoms with Crippen molar-refractivity contribution in [2.45, 2.75) is 6.42 Å². The second-order valence-electron chi connectivity index (χ2n) is 5.91. The van der Waals surface area contributed by atoms with Gasteiger partial charge in [0.15, 0.2) is 11.1 Å². The number of anilines is 1. The molecule has 3 rings (SSSR count). The number of piperazine rings is 1. The molecule has 1 aliphatic rings. The Bertz CT molecular complexity index is 688. The quantitative estimate of drug-likeness (QED) is 0.271. The standard InChI is InChI=1S/C18H25N5O2S.HI/c1-24-15-3-5-16(6-4-15)25-13-2-7-20-17(19)22-9-11-23(12-10-22)18-21-8-14-26-18;/h3-6,8,14H,2,7,9-13H2,1H3,(H2,19,20);1H. The number of rotatable bonds is 7. The molecule has 1 aromatic heterocycles. The number of nitrogens with zero attached hydrogens (tertiary/aromatic N) is 4. The smallest absolute Gasteiger partial charge is 0.191 e. The SMILES string of the molecule is COc1ccc(OCCCN=C(N)N2CCN(c3nccs3)CC2)cc1.I. The van der Waals surface area contributed by atoms with Crippen LogP contribution in [0.2, 0.25) is 0 Å². The monoisotopic (exact) mass is 503 g/mol. The lowest BCUT2D eigenvalue weighted by Gasteiger charge is -2.35. The summed E-state index contributed by atoms with van der Waals surface area (Å²) in [6.45, 7) is 4.86. The highest BCUT2D eigenvalue weighted by Gasteiger charge is 2.19. The fourth-order valence-corrected chi connectivity index (χ4v) is 3.42. The zero-order valence-electron chi connectivity index (χ0n) is 15.4. The first kappa shape index (κ1) is 21.5. The van der Waals surface area contributed by atoms with Crippen molar-refractivity contribution >= 4 is 46.4 Å². The molecule has 0 radical (unpaired) electrons. The van der Waals surface area contributed by atoms with E-state index in [0.29, 0.717) is 19.1 Å². The van der Waals surface area contributed by atoms with E-state index < -0.39 is 0 Å². The van der Waals surface area contributed by atoms with Crippen molar-refractivity contribution in [2.24, 2.45) is 10.7 Å². The van der Waals surface area contributed by atoms with E-state index >= 15 is 0 Å². The van der Waals surface area contributed by atoms with Crippen molar-refractivity contribution < 1.29 is 9.47 Å². The fourth-order valence-electron chi connectivity index (χ4n) is 2.72. The van der Waals surface area contributed by atoms with Crippen molar-refractivity contribution in [1.29, 1.82) is 0 Å². The summed E-state index contributed by atoms with van der Waals surface area (Å²) in [4.78, 5) is 13.3. The lowest BCUT2D eigenvalue weighted by molar-refractivity contribution is 0.312. The van der Waals surface area contributed by atoms with Crippen LogP contribution in [0.25, 0.3) is 0 Å². The Morgan fingerprint density at radius 3 is 2.52 bits per heavy atom. The van der Waals surface area contributed by atoms with Crippen LogP contribution in [-0.4, -0.2) is 62.3 Å². The van der Waals surface area contributed by atoms with Gasteiger partial charge in [-0.3, -0.25) is 4.99 Å². The van der Waals surface area contributed by atoms with Crippen LogP contribution >= 0.6 is 35.3 Å². The van der Waals surface area contributed by atoms with E-state index in [1.807, 2.05) is 35.8 Å². The van der Waals surface area contributed by atoms with E-state index in [4.69, 9.17) is 15.2 Å². The van der Waals surface area contributed by atoms with Crippen LogP contribution in [0, 0.1) is 0 Å². The van der Waals surface area contributed by atoms with E-state index in [2.05, 4.69) is 19.8 Å². The zero-order chi connectivity index (χ0) is 18.2. The Morgan fingerprint density at radius 2 is 1.89 bits per heavy atom. The number of aromatic nitrogens is 1. The molecule has 1 fully saturated rings. The highest BCUT2D eigenvalue weighted by atomic mass is 127. The summed E-state index contributed by atoms with van der Waals surface area (Å²) in [5.41, 5.74) is 6.13. The van der Waals surface area contributed by atoms with Crippen molar-refractivity contribution in [1.82, 2.24) is 9.88 Å². The molecule has 0 spiro atoms. The first-order valence-corrected chi connectivity index (χ1v) is 9.60. The maximum Gasteiger partial charge on any atom is 0.191 e. The van der Waals surface area contributed by atoms with Gasteiger partial charge in [0.1, 0.15) is 11.5 Å². The van der Waals surface area contributed by atoms with Crippen molar-refractivity contribution in [3.05, 3.63) is 35.8 Å². The molecule has 27 heavy (non-hydrogen) atoms. The second kappa shape index (κ2) is 11.2. The third-order valence-corrected chi connectivity index (χ3v) is 5.03. The van der Waals surface area contributed by atoms with E-state index in [1.54, 1.807) is 18.4 Å². The molecule has 1 saturated heterocycles. The van der Waals surface area contributed by atoms with Crippen molar-refractivity contribution in [3.63, 3.8) is 0 Å². The molecule has 0 unspecified atom stereocenters. The van der Waals surface area contributed by atoms with Gasteiger partial charge in [-0.05, 0) is 24.3 Å². The Hall–Kier alpha value is -1.75. The molecule has 0 bridgehead atoms. The molecule has 7 nitrogen and oxygen atoms in total. The average molecular weight is 503 g/mol. The van der Waals surface area contributed by atoms with Crippen molar-refractivity contribution in [2.75, 3.05) is 51.3 Å². The number of halogens is 1. The van der Waals surface area contributed by atoms with E-state index in [-0.39, 0.29) is 24.0 Å². The third-order valence-electron chi connectivity index (χ3n) is 4.20. The van der Waals surface area contributed by atoms with Crippen LogP contribution in [0.3, 0.4) is 0 Å². The maximum absolute atomic E-state index is 6.13. The zero-order valence-corrected chi connectivity index (χ0v) is 18.6. The molecule has 1 aromatic carbocycles. The summed E-state index contributed by atoms with van der Waals surface area (Å²) in [6, 6.07) is 7.57. The van der Waals surface area contributed by atoms with Gasteiger partial charge < -0.3 is 25.0 Å². The number of benzene rings is 1. The molecule has 148 valence electrons. The predicted octanol–water partition coefficient (Wildman–Crippen LogP) is 2.68. The van der Waals surface area contributed by atoms with Crippen LogP contribution in [0.1, 0.15) is 6.42 Å². The molecule has 2 N–H and O–H groups in total. The van der Waals surface area contributed by atoms with Gasteiger partial charge in [-0.25, -0.2) is 4.98 Å². The Balaban J connectivity index is 0.00000261. The third kappa shape index (κ3) is 6.42. The van der Waals surface area contributed by atoms with Crippen LogP contribution in [0.4, 0.5) is 5.13 Å². The molecule has 1 aliphatic heterocycles. The van der Waals surface area contributed by atoms with Gasteiger partial charge in [0, 0.05) is 50.7 Å². The van der Waals surface area contributed by atoms with Gasteiger partial charge in [-0.1, -0.05) is 0 Å². The van der Waals surface area contributed by atoms with Gasteiger partial charge in [0.05, 0.1) is 13.7 Å². The predicted molar refractivity (Wildman–Crippen MR) is 121 cm³/mol. The highest BCUT2D eigenvalue weighted by molar-refractivity contribution is 14.0. The molecule has 2 aromatic rings. The molecule has 0 aliphatic carbocycles. The van der Waals surface area contributed by atoms with E-state index in [9.17, 15) is 0 Å². The molecule has 0 atom stereocenters. The second-order valence-corrected chi connectivity index (χ2v) is 6.78. The number of ether oxygens (including phenoxy) is 2. The van der Waals surface area contributed by atoms with Gasteiger partial charge >= 0.3 is 0 Å². The van der Waals surface area contributed by atoms with Crippen LogP contribution < -0.4 is 20.1 Å². The van der Waals surface area contributed by atoms with Crippen LogP contribution in [-0.2, 0) is 0 Å². The summed E-state index contributed by atoms with van der Waals surface area (Å²) in [7, 11) is 1.65. The molecule has 9 heteroatoms. The van der Waals surface area contributed by atoms with E-state index in [1.165, 1.54) is 0 Å². The number of hydrogen-bond donors (Lipinski definition) is 1. The molecular formula is C18H26IN5O2S. The fraction of sp³-hybridized carbons (Fsp3) is 0.444. The number of methoxy groups -OCH3 is 1. The number of thiazole rings is 1. The average Bonchev–Trinajstić information content (AvgIpc) is 3.23. The first-order valence-electron chi connectivity index (χ1n) is 8.72. The van der Waals surface area contributed by atoms with Crippen molar-refractivity contribution in [3.8, 4) is 11.5 Å². The number of nitrogens with two attached hydrogens (primary N) is 1. The van der Waals surface area contributed by atoms with Crippen LogP contribution in [0.5, 0.6) is 11.5 Å². The minimum Gasteiger partial charge on any atom is -0.497 e. The molecule has 0 saturated carbocycles. The van der Waals surface area contributed by atoms with Gasteiger partial charge in [0.25, 0.3) is 0 Å². The summed E-state index contributed by atoms with van der Waals surface area (Å²) in [5.74, 6) is 2.28. The van der Waals surface area contributed by atoms with Gasteiger partial charge in [-0.2, -0.15) is 0 Å². The van der Waals surface area contributed by atoms with E-state index in [0.717, 1.165) is 49.2 Å².